The molecule has 0 radical (unpaired) electrons. The summed E-state index contributed by atoms with van der Waals surface area (Å²) in [7, 11) is 0. The van der Waals surface area contributed by atoms with Crippen molar-refractivity contribution in [3.05, 3.63) is 0 Å². The molecule has 52 valence electrons. The van der Waals surface area contributed by atoms with E-state index in [2.05, 4.69) is 18.7 Å². The van der Waals surface area contributed by atoms with E-state index in [1.165, 1.54) is 26.1 Å². The van der Waals surface area contributed by atoms with Gasteiger partial charge in [0.1, 0.15) is 0 Å². The third-order valence-electron chi connectivity index (χ3n) is 3.05. The van der Waals surface area contributed by atoms with E-state index >= 15 is 0 Å². The fraction of sp³-hybridized carbons (Fsp3) is 1.00. The van der Waals surface area contributed by atoms with Gasteiger partial charge in [0.15, 0.2) is 0 Å². The van der Waals surface area contributed by atoms with E-state index in [1.54, 1.807) is 0 Å². The molecule has 2 fully saturated rings. The van der Waals surface area contributed by atoms with Crippen LogP contribution in [-0.2, 0) is 0 Å². The summed E-state index contributed by atoms with van der Waals surface area (Å²) in [6.45, 7) is 8.69. The predicted molar refractivity (Wildman–Crippen MR) is 38.3 cm³/mol. The minimum Gasteiger partial charge on any atom is -0.303 e. The van der Waals surface area contributed by atoms with Gasteiger partial charge in [-0.1, -0.05) is 13.8 Å². The Balaban J connectivity index is 1.98. The lowest BCUT2D eigenvalue weighted by molar-refractivity contribution is 0.301. The van der Waals surface area contributed by atoms with Crippen molar-refractivity contribution in [2.24, 2.45) is 11.3 Å². The largest absolute Gasteiger partial charge is 0.303 e. The first-order chi connectivity index (χ1) is 4.24. The molecular weight excluding hydrogens is 110 g/mol. The summed E-state index contributed by atoms with van der Waals surface area (Å²) in [5, 5.41) is 0. The summed E-state index contributed by atoms with van der Waals surface area (Å²) in [5.41, 5.74) is 0.760. The molecule has 2 atom stereocenters. The van der Waals surface area contributed by atoms with Crippen molar-refractivity contribution in [3.63, 3.8) is 0 Å². The Bertz CT molecular complexity index is 133. The zero-order valence-electron chi connectivity index (χ0n) is 6.35. The summed E-state index contributed by atoms with van der Waals surface area (Å²) in [5.74, 6) is 1.07. The van der Waals surface area contributed by atoms with Crippen molar-refractivity contribution >= 4 is 0 Å². The molecule has 1 unspecified atom stereocenters. The van der Waals surface area contributed by atoms with E-state index in [0.717, 1.165) is 11.3 Å². The van der Waals surface area contributed by atoms with Crippen molar-refractivity contribution in [2.45, 2.75) is 20.3 Å². The number of likely N-dealkylation sites (tertiary alicyclic amines) is 1. The third-order valence-corrected chi connectivity index (χ3v) is 3.05. The number of fused-ring (bicyclic) bond motifs is 1. The Morgan fingerprint density at radius 3 is 2.78 bits per heavy atom. The zero-order chi connectivity index (χ0) is 6.48. The van der Waals surface area contributed by atoms with Crippen molar-refractivity contribution in [1.82, 2.24) is 4.90 Å². The molecule has 1 nitrogen and oxygen atoms in total. The molecule has 1 aliphatic heterocycles. The summed E-state index contributed by atoms with van der Waals surface area (Å²) in [6.07, 6.45) is 1.50. The summed E-state index contributed by atoms with van der Waals surface area (Å²) in [4.78, 5) is 2.56. The Hall–Kier alpha value is -0.0400. The highest BCUT2D eigenvalue weighted by atomic mass is 15.2. The van der Waals surface area contributed by atoms with Crippen LogP contribution in [0.15, 0.2) is 0 Å². The van der Waals surface area contributed by atoms with E-state index < -0.39 is 0 Å². The van der Waals surface area contributed by atoms with Gasteiger partial charge in [0, 0.05) is 13.1 Å². The second-order valence-electron chi connectivity index (χ2n) is 3.88. The average molecular weight is 125 g/mol. The zero-order valence-corrected chi connectivity index (χ0v) is 6.35. The number of nitrogens with zero attached hydrogens (tertiary/aromatic N) is 1. The first kappa shape index (κ1) is 5.72. The Morgan fingerprint density at radius 1 is 1.67 bits per heavy atom. The lowest BCUT2D eigenvalue weighted by Crippen LogP contribution is -2.23. The quantitative estimate of drug-likeness (QED) is 0.511. The SMILES string of the molecule is CCN1C[C@H]2CC2(C)C1. The maximum absolute atomic E-state index is 2.56. The van der Waals surface area contributed by atoms with Crippen LogP contribution in [0.2, 0.25) is 0 Å². The molecule has 0 amide bonds. The first-order valence-corrected chi connectivity index (χ1v) is 3.97. The molecule has 0 aromatic carbocycles. The normalized spacial score (nSPS) is 49.3. The second-order valence-corrected chi connectivity index (χ2v) is 3.88. The fourth-order valence-electron chi connectivity index (χ4n) is 2.11. The topological polar surface area (TPSA) is 3.24 Å². The third kappa shape index (κ3) is 0.710. The van der Waals surface area contributed by atoms with Crippen LogP contribution >= 0.6 is 0 Å². The smallest absolute Gasteiger partial charge is 0.00386 e. The Kier molecular flexibility index (Phi) is 0.963. The van der Waals surface area contributed by atoms with E-state index in [1.807, 2.05) is 0 Å². The van der Waals surface area contributed by atoms with Crippen molar-refractivity contribution in [3.8, 4) is 0 Å². The van der Waals surface area contributed by atoms with Gasteiger partial charge in [0.25, 0.3) is 0 Å². The van der Waals surface area contributed by atoms with E-state index in [4.69, 9.17) is 0 Å². The molecule has 1 aliphatic carbocycles. The molecule has 9 heavy (non-hydrogen) atoms. The van der Waals surface area contributed by atoms with Gasteiger partial charge < -0.3 is 4.90 Å². The minimum atomic E-state index is 0.760. The van der Waals surface area contributed by atoms with Crippen LogP contribution in [0.25, 0.3) is 0 Å². The van der Waals surface area contributed by atoms with E-state index in [-0.39, 0.29) is 0 Å². The number of hydrogen-bond donors (Lipinski definition) is 0. The van der Waals surface area contributed by atoms with Gasteiger partial charge in [-0.15, -0.1) is 0 Å². The summed E-state index contributed by atoms with van der Waals surface area (Å²) < 4.78 is 0. The number of hydrogen-bond acceptors (Lipinski definition) is 1. The monoisotopic (exact) mass is 125 g/mol. The molecule has 0 aromatic heterocycles. The molecule has 2 rings (SSSR count). The lowest BCUT2D eigenvalue weighted by Gasteiger charge is -2.15. The molecule has 1 heterocycles. The van der Waals surface area contributed by atoms with Gasteiger partial charge in [0.05, 0.1) is 0 Å². The van der Waals surface area contributed by atoms with Crippen molar-refractivity contribution < 1.29 is 0 Å². The highest BCUT2D eigenvalue weighted by Crippen LogP contribution is 2.56. The number of piperidine rings is 1. The first-order valence-electron chi connectivity index (χ1n) is 3.97. The van der Waals surface area contributed by atoms with Crippen LogP contribution in [0.3, 0.4) is 0 Å². The molecule has 1 saturated heterocycles. The van der Waals surface area contributed by atoms with Crippen LogP contribution in [0, 0.1) is 11.3 Å². The van der Waals surface area contributed by atoms with Gasteiger partial charge in [-0.05, 0) is 24.3 Å². The highest BCUT2D eigenvalue weighted by Gasteiger charge is 2.55. The molecule has 1 heteroatoms. The Morgan fingerprint density at radius 2 is 2.44 bits per heavy atom. The van der Waals surface area contributed by atoms with E-state index in [9.17, 15) is 0 Å². The van der Waals surface area contributed by atoms with Gasteiger partial charge in [-0.25, -0.2) is 0 Å². The van der Waals surface area contributed by atoms with Crippen LogP contribution in [0.5, 0.6) is 0 Å². The second kappa shape index (κ2) is 1.51. The molecule has 0 bridgehead atoms. The minimum absolute atomic E-state index is 0.760. The predicted octanol–water partition coefficient (Wildman–Crippen LogP) is 1.35. The fourth-order valence-corrected chi connectivity index (χ4v) is 2.11. The van der Waals surface area contributed by atoms with Gasteiger partial charge in [-0.2, -0.15) is 0 Å². The van der Waals surface area contributed by atoms with Crippen LogP contribution < -0.4 is 0 Å². The molecular formula is C8H15N. The standard InChI is InChI=1S/C8H15N/c1-3-9-5-7-4-8(7,2)6-9/h7H,3-6H2,1-2H3/t7-,8?/m1/s1. The van der Waals surface area contributed by atoms with Gasteiger partial charge in [-0.3, -0.25) is 0 Å². The Labute approximate surface area is 57.0 Å². The maximum Gasteiger partial charge on any atom is 0.00386 e. The van der Waals surface area contributed by atoms with Crippen molar-refractivity contribution in [1.29, 1.82) is 0 Å². The maximum atomic E-state index is 2.56. The molecule has 0 spiro atoms. The highest BCUT2D eigenvalue weighted by molar-refractivity contribution is 5.06. The van der Waals surface area contributed by atoms with Crippen LogP contribution in [0.1, 0.15) is 20.3 Å². The molecule has 2 aliphatic rings. The lowest BCUT2D eigenvalue weighted by atomic mass is 10.1. The van der Waals surface area contributed by atoms with Crippen LogP contribution in [-0.4, -0.2) is 24.5 Å². The van der Waals surface area contributed by atoms with Crippen LogP contribution in [0.4, 0.5) is 0 Å². The van der Waals surface area contributed by atoms with E-state index in [0.29, 0.717) is 0 Å². The average Bonchev–Trinajstić information content (AvgIpc) is 2.33. The van der Waals surface area contributed by atoms with Crippen molar-refractivity contribution in [2.75, 3.05) is 19.6 Å². The molecule has 1 saturated carbocycles. The number of rotatable bonds is 1. The van der Waals surface area contributed by atoms with Gasteiger partial charge >= 0.3 is 0 Å². The summed E-state index contributed by atoms with van der Waals surface area (Å²) in [6, 6.07) is 0. The summed E-state index contributed by atoms with van der Waals surface area (Å²) >= 11 is 0. The molecule has 0 N–H and O–H groups in total. The van der Waals surface area contributed by atoms with Gasteiger partial charge in [0.2, 0.25) is 0 Å². The molecule has 0 aromatic rings.